The van der Waals surface area contributed by atoms with Crippen LogP contribution in [-0.2, 0) is 0 Å². The Balaban J connectivity index is 1.92. The van der Waals surface area contributed by atoms with Gasteiger partial charge in [-0.3, -0.25) is 0 Å². The molecule has 0 aromatic carbocycles. The number of allylic oxidation sites excluding steroid dienone is 1. The third kappa shape index (κ3) is 3.23. The summed E-state index contributed by atoms with van der Waals surface area (Å²) in [6, 6.07) is 0.518. The van der Waals surface area contributed by atoms with Crippen LogP contribution in [0.1, 0.15) is 12.8 Å². The van der Waals surface area contributed by atoms with E-state index < -0.39 is 0 Å². The molecule has 1 aliphatic carbocycles. The molecule has 0 amide bonds. The van der Waals surface area contributed by atoms with E-state index in [-0.39, 0.29) is 6.10 Å². The zero-order valence-electron chi connectivity index (χ0n) is 6.46. The zero-order chi connectivity index (χ0) is 8.10. The van der Waals surface area contributed by atoms with Crippen molar-refractivity contribution < 1.29 is 5.11 Å². The molecule has 1 saturated carbocycles. The molecule has 0 bridgehead atoms. The molecule has 0 spiro atoms. The first-order chi connectivity index (χ1) is 5.33. The van der Waals surface area contributed by atoms with Gasteiger partial charge < -0.3 is 10.4 Å². The van der Waals surface area contributed by atoms with Gasteiger partial charge >= 0.3 is 0 Å². The van der Waals surface area contributed by atoms with E-state index >= 15 is 0 Å². The van der Waals surface area contributed by atoms with E-state index in [1.807, 2.05) is 12.2 Å². The fraction of sp³-hybridized carbons (Fsp3) is 0.750. The molecule has 0 radical (unpaired) electrons. The minimum atomic E-state index is -0.0653. The predicted octanol–water partition coefficient (Wildman–Crippen LogP) is 0.894. The van der Waals surface area contributed by atoms with Gasteiger partial charge in [0.2, 0.25) is 0 Å². The molecule has 0 unspecified atom stereocenters. The summed E-state index contributed by atoms with van der Waals surface area (Å²) < 4.78 is 0. The van der Waals surface area contributed by atoms with E-state index in [1.54, 1.807) is 0 Å². The van der Waals surface area contributed by atoms with Crippen LogP contribution in [0.3, 0.4) is 0 Å². The zero-order valence-corrected chi connectivity index (χ0v) is 7.22. The van der Waals surface area contributed by atoms with Gasteiger partial charge in [0.15, 0.2) is 0 Å². The highest BCUT2D eigenvalue weighted by Gasteiger charge is 2.25. The van der Waals surface area contributed by atoms with Crippen molar-refractivity contribution in [1.82, 2.24) is 5.32 Å². The van der Waals surface area contributed by atoms with Crippen LogP contribution >= 0.6 is 11.6 Å². The number of aliphatic hydroxyl groups excluding tert-OH is 1. The number of hydrogen-bond donors (Lipinski definition) is 2. The monoisotopic (exact) mass is 175 g/mol. The second kappa shape index (κ2) is 4.75. The van der Waals surface area contributed by atoms with Crippen LogP contribution in [-0.4, -0.2) is 29.7 Å². The maximum absolute atomic E-state index is 8.94. The van der Waals surface area contributed by atoms with Crippen molar-refractivity contribution in [2.24, 2.45) is 0 Å². The van der Waals surface area contributed by atoms with Crippen molar-refractivity contribution in [3.05, 3.63) is 12.2 Å². The van der Waals surface area contributed by atoms with Gasteiger partial charge in [-0.2, -0.15) is 0 Å². The summed E-state index contributed by atoms with van der Waals surface area (Å²) in [6.07, 6.45) is 5.66. The molecule has 1 rings (SSSR count). The number of nitrogens with one attached hydrogen (secondary N) is 1. The number of halogens is 1. The van der Waals surface area contributed by atoms with Gasteiger partial charge in [0, 0.05) is 18.5 Å². The molecule has 11 heavy (non-hydrogen) atoms. The number of rotatable bonds is 4. The normalized spacial score (nSPS) is 30.7. The van der Waals surface area contributed by atoms with Crippen molar-refractivity contribution in [3.8, 4) is 0 Å². The molecule has 0 aromatic heterocycles. The number of hydrogen-bond acceptors (Lipinski definition) is 2. The Kier molecular flexibility index (Phi) is 3.91. The Morgan fingerprint density at radius 1 is 1.45 bits per heavy atom. The standard InChI is InChI=1S/C8H14ClNO/c9-3-1-2-4-10-7-5-8(11)6-7/h1-2,7-8,10-11H,3-6H2/b2-1+. The van der Waals surface area contributed by atoms with Gasteiger partial charge in [0.05, 0.1) is 6.10 Å². The first-order valence-electron chi connectivity index (χ1n) is 3.95. The summed E-state index contributed by atoms with van der Waals surface area (Å²) >= 11 is 5.43. The van der Waals surface area contributed by atoms with Crippen LogP contribution in [0, 0.1) is 0 Å². The van der Waals surface area contributed by atoms with Gasteiger partial charge in [-0.15, -0.1) is 11.6 Å². The van der Waals surface area contributed by atoms with E-state index in [4.69, 9.17) is 16.7 Å². The first-order valence-corrected chi connectivity index (χ1v) is 4.49. The minimum absolute atomic E-state index is 0.0653. The van der Waals surface area contributed by atoms with Crippen molar-refractivity contribution in [3.63, 3.8) is 0 Å². The summed E-state index contributed by atoms with van der Waals surface area (Å²) in [5.74, 6) is 0.578. The van der Waals surface area contributed by atoms with E-state index in [0.29, 0.717) is 11.9 Å². The van der Waals surface area contributed by atoms with Crippen LogP contribution in [0.5, 0.6) is 0 Å². The van der Waals surface area contributed by atoms with Crippen molar-refractivity contribution >= 4 is 11.6 Å². The van der Waals surface area contributed by atoms with Gasteiger partial charge in [-0.25, -0.2) is 0 Å². The van der Waals surface area contributed by atoms with Crippen molar-refractivity contribution in [2.75, 3.05) is 12.4 Å². The lowest BCUT2D eigenvalue weighted by Crippen LogP contribution is -2.44. The number of alkyl halides is 1. The Morgan fingerprint density at radius 2 is 2.18 bits per heavy atom. The van der Waals surface area contributed by atoms with Crippen molar-refractivity contribution in [1.29, 1.82) is 0 Å². The van der Waals surface area contributed by atoms with Crippen LogP contribution in [0.2, 0.25) is 0 Å². The SMILES string of the molecule is OC1CC(NC/C=C/CCl)C1. The average Bonchev–Trinajstić information content (AvgIpc) is 1.94. The largest absolute Gasteiger partial charge is 0.393 e. The van der Waals surface area contributed by atoms with Crippen LogP contribution < -0.4 is 5.32 Å². The summed E-state index contributed by atoms with van der Waals surface area (Å²) in [5.41, 5.74) is 0. The van der Waals surface area contributed by atoms with Gasteiger partial charge in [-0.05, 0) is 12.8 Å². The third-order valence-electron chi connectivity index (χ3n) is 1.89. The lowest BCUT2D eigenvalue weighted by atomic mass is 9.90. The molecular weight excluding hydrogens is 162 g/mol. The molecule has 2 nitrogen and oxygen atoms in total. The Labute approximate surface area is 72.2 Å². The van der Waals surface area contributed by atoms with E-state index in [1.165, 1.54) is 0 Å². The molecule has 1 fully saturated rings. The Bertz CT molecular complexity index is 132. The van der Waals surface area contributed by atoms with E-state index in [0.717, 1.165) is 19.4 Å². The fourth-order valence-electron chi connectivity index (χ4n) is 1.14. The summed E-state index contributed by atoms with van der Waals surface area (Å²) in [7, 11) is 0. The van der Waals surface area contributed by atoms with E-state index in [9.17, 15) is 0 Å². The highest BCUT2D eigenvalue weighted by molar-refractivity contribution is 6.18. The molecule has 0 saturated heterocycles. The topological polar surface area (TPSA) is 32.3 Å². The maximum atomic E-state index is 8.94. The predicted molar refractivity (Wildman–Crippen MR) is 46.9 cm³/mol. The Morgan fingerprint density at radius 3 is 2.73 bits per heavy atom. The summed E-state index contributed by atoms with van der Waals surface area (Å²) in [4.78, 5) is 0. The lowest BCUT2D eigenvalue weighted by Gasteiger charge is -2.31. The first kappa shape index (κ1) is 9.04. The number of aliphatic hydroxyl groups is 1. The molecule has 1 aliphatic rings. The molecule has 64 valence electrons. The highest BCUT2D eigenvalue weighted by atomic mass is 35.5. The minimum Gasteiger partial charge on any atom is -0.393 e. The molecule has 3 heteroatoms. The van der Waals surface area contributed by atoms with Crippen LogP contribution in [0.15, 0.2) is 12.2 Å². The van der Waals surface area contributed by atoms with E-state index in [2.05, 4.69) is 5.32 Å². The molecule has 2 N–H and O–H groups in total. The highest BCUT2D eigenvalue weighted by Crippen LogP contribution is 2.18. The summed E-state index contributed by atoms with van der Waals surface area (Å²) in [6.45, 7) is 0.865. The molecule has 0 atom stereocenters. The quantitative estimate of drug-likeness (QED) is 0.492. The molecule has 0 aliphatic heterocycles. The smallest absolute Gasteiger partial charge is 0.0570 e. The fourth-order valence-corrected chi connectivity index (χ4v) is 1.26. The van der Waals surface area contributed by atoms with Crippen LogP contribution in [0.4, 0.5) is 0 Å². The van der Waals surface area contributed by atoms with Gasteiger partial charge in [0.1, 0.15) is 0 Å². The Hall–Kier alpha value is -0.0500. The second-order valence-corrected chi connectivity index (χ2v) is 3.16. The molecule has 0 heterocycles. The van der Waals surface area contributed by atoms with Crippen molar-refractivity contribution in [2.45, 2.75) is 25.0 Å². The summed E-state index contributed by atoms with van der Waals surface area (Å²) in [5, 5.41) is 12.2. The lowest BCUT2D eigenvalue weighted by molar-refractivity contribution is 0.0641. The van der Waals surface area contributed by atoms with Crippen LogP contribution in [0.25, 0.3) is 0 Å². The molecule has 0 aromatic rings. The second-order valence-electron chi connectivity index (χ2n) is 2.86. The maximum Gasteiger partial charge on any atom is 0.0570 e. The van der Waals surface area contributed by atoms with Gasteiger partial charge in [-0.1, -0.05) is 12.2 Å². The van der Waals surface area contributed by atoms with Gasteiger partial charge in [0.25, 0.3) is 0 Å². The third-order valence-corrected chi connectivity index (χ3v) is 2.07. The molecular formula is C8H14ClNO. The average molecular weight is 176 g/mol.